The Bertz CT molecular complexity index is 627. The van der Waals surface area contributed by atoms with Gasteiger partial charge in [0.1, 0.15) is 0 Å². The molecular formula is C23H34Cl3NO2. The molecule has 2 fully saturated rings. The summed E-state index contributed by atoms with van der Waals surface area (Å²) in [6.07, 6.45) is 11.7. The molecule has 3 nitrogen and oxygen atoms in total. The van der Waals surface area contributed by atoms with Crippen LogP contribution in [0.3, 0.4) is 0 Å². The zero-order valence-electron chi connectivity index (χ0n) is 17.2. The Kier molecular flexibility index (Phi) is 11.1. The van der Waals surface area contributed by atoms with E-state index in [9.17, 15) is 4.79 Å². The van der Waals surface area contributed by atoms with E-state index in [1.54, 1.807) is 0 Å². The standard InChI is InChI=1S/C23H33Cl2NO2.ClH/c24-21-11-10-19(16-22(21)25)20(12-15-26-13-6-1-2-7-14-26)17-28-23(27)18-8-4-3-5-9-18;/h10-11,16,18,20H,1-9,12-15,17H2;1H. The maximum absolute atomic E-state index is 12.5. The van der Waals surface area contributed by atoms with Crippen molar-refractivity contribution in [2.75, 3.05) is 26.2 Å². The minimum absolute atomic E-state index is 0. The van der Waals surface area contributed by atoms with Crippen LogP contribution in [0.25, 0.3) is 0 Å². The van der Waals surface area contributed by atoms with Crippen molar-refractivity contribution in [2.24, 2.45) is 5.92 Å². The van der Waals surface area contributed by atoms with E-state index < -0.39 is 0 Å². The fraction of sp³-hybridized carbons (Fsp3) is 0.696. The summed E-state index contributed by atoms with van der Waals surface area (Å²) in [6.45, 7) is 3.82. The molecule has 1 aliphatic carbocycles. The Balaban J connectivity index is 0.00000300. The average Bonchev–Trinajstić information content (AvgIpc) is 2.99. The predicted octanol–water partition coefficient (Wildman–Crippen LogP) is 6.89. The molecule has 3 rings (SSSR count). The maximum atomic E-state index is 12.5. The van der Waals surface area contributed by atoms with Crippen LogP contribution in [0.1, 0.15) is 75.7 Å². The minimum atomic E-state index is -0.0143. The molecule has 164 valence electrons. The summed E-state index contributed by atoms with van der Waals surface area (Å²) in [5, 5.41) is 1.13. The summed E-state index contributed by atoms with van der Waals surface area (Å²) in [6, 6.07) is 5.81. The lowest BCUT2D eigenvalue weighted by atomic mass is 9.89. The zero-order chi connectivity index (χ0) is 19.8. The number of benzene rings is 1. The van der Waals surface area contributed by atoms with Crippen LogP contribution in [-0.2, 0) is 9.53 Å². The van der Waals surface area contributed by atoms with Crippen LogP contribution in [0, 0.1) is 5.92 Å². The van der Waals surface area contributed by atoms with Crippen molar-refractivity contribution in [1.82, 2.24) is 4.90 Å². The molecule has 0 spiro atoms. The van der Waals surface area contributed by atoms with Gasteiger partial charge in [-0.05, 0) is 69.4 Å². The molecular weight excluding hydrogens is 429 g/mol. The molecule has 1 aromatic carbocycles. The molecule has 1 aliphatic heterocycles. The van der Waals surface area contributed by atoms with Gasteiger partial charge in [0.15, 0.2) is 0 Å². The number of hydrogen-bond acceptors (Lipinski definition) is 3. The van der Waals surface area contributed by atoms with Gasteiger partial charge in [-0.3, -0.25) is 4.79 Å². The molecule has 1 saturated carbocycles. The molecule has 0 amide bonds. The van der Waals surface area contributed by atoms with Gasteiger partial charge in [-0.25, -0.2) is 0 Å². The second kappa shape index (κ2) is 13.0. The summed E-state index contributed by atoms with van der Waals surface area (Å²) >= 11 is 12.4. The summed E-state index contributed by atoms with van der Waals surface area (Å²) in [5.74, 6) is 0.235. The highest BCUT2D eigenvalue weighted by Gasteiger charge is 2.24. The van der Waals surface area contributed by atoms with Gasteiger partial charge in [0.05, 0.1) is 22.6 Å². The number of likely N-dealkylation sites (tertiary alicyclic amines) is 1. The van der Waals surface area contributed by atoms with E-state index in [1.165, 1.54) is 45.2 Å². The molecule has 0 N–H and O–H groups in total. The Labute approximate surface area is 191 Å². The molecule has 1 heterocycles. The van der Waals surface area contributed by atoms with Gasteiger partial charge in [0, 0.05) is 5.92 Å². The van der Waals surface area contributed by atoms with E-state index in [-0.39, 0.29) is 30.2 Å². The summed E-state index contributed by atoms with van der Waals surface area (Å²) in [7, 11) is 0. The molecule has 1 aromatic rings. The fourth-order valence-electron chi connectivity index (χ4n) is 4.45. The van der Waals surface area contributed by atoms with E-state index in [2.05, 4.69) is 4.90 Å². The summed E-state index contributed by atoms with van der Waals surface area (Å²) in [5.41, 5.74) is 1.11. The first-order valence-corrected chi connectivity index (χ1v) is 11.7. The molecule has 6 heteroatoms. The number of ether oxygens (including phenoxy) is 1. The molecule has 1 unspecified atom stereocenters. The first-order valence-electron chi connectivity index (χ1n) is 11.0. The Morgan fingerprint density at radius 2 is 1.66 bits per heavy atom. The number of nitrogens with zero attached hydrogens (tertiary/aromatic N) is 1. The number of halogens is 3. The van der Waals surface area contributed by atoms with Crippen LogP contribution in [-0.4, -0.2) is 37.1 Å². The molecule has 2 aliphatic rings. The highest BCUT2D eigenvalue weighted by molar-refractivity contribution is 6.42. The lowest BCUT2D eigenvalue weighted by molar-refractivity contribution is -0.150. The number of esters is 1. The van der Waals surface area contributed by atoms with Gasteiger partial charge in [-0.2, -0.15) is 0 Å². The van der Waals surface area contributed by atoms with Crippen LogP contribution in [0.4, 0.5) is 0 Å². The van der Waals surface area contributed by atoms with Gasteiger partial charge in [0.25, 0.3) is 0 Å². The van der Waals surface area contributed by atoms with Gasteiger partial charge < -0.3 is 9.64 Å². The molecule has 0 bridgehead atoms. The maximum Gasteiger partial charge on any atom is 0.308 e. The van der Waals surface area contributed by atoms with Crippen molar-refractivity contribution in [2.45, 2.75) is 70.1 Å². The molecule has 1 atom stereocenters. The van der Waals surface area contributed by atoms with Crippen LogP contribution < -0.4 is 0 Å². The average molecular weight is 463 g/mol. The zero-order valence-corrected chi connectivity index (χ0v) is 19.5. The van der Waals surface area contributed by atoms with Crippen molar-refractivity contribution >= 4 is 41.6 Å². The minimum Gasteiger partial charge on any atom is -0.465 e. The Hall–Kier alpha value is -0.480. The van der Waals surface area contributed by atoms with Crippen molar-refractivity contribution in [3.05, 3.63) is 33.8 Å². The fourth-order valence-corrected chi connectivity index (χ4v) is 4.76. The first-order chi connectivity index (χ1) is 13.6. The van der Waals surface area contributed by atoms with Crippen molar-refractivity contribution < 1.29 is 9.53 Å². The summed E-state index contributed by atoms with van der Waals surface area (Å²) in [4.78, 5) is 15.1. The van der Waals surface area contributed by atoms with Crippen molar-refractivity contribution in [1.29, 1.82) is 0 Å². The molecule has 1 saturated heterocycles. The largest absolute Gasteiger partial charge is 0.465 e. The highest BCUT2D eigenvalue weighted by atomic mass is 35.5. The van der Waals surface area contributed by atoms with Crippen LogP contribution in [0.15, 0.2) is 18.2 Å². The van der Waals surface area contributed by atoms with Gasteiger partial charge in [0.2, 0.25) is 0 Å². The SMILES string of the molecule is Cl.O=C(OCC(CCN1CCCCCC1)c1ccc(Cl)c(Cl)c1)C1CCCCC1. The number of carbonyl (C=O) groups excluding carboxylic acids is 1. The Morgan fingerprint density at radius 3 is 2.31 bits per heavy atom. The van der Waals surface area contributed by atoms with Gasteiger partial charge >= 0.3 is 5.97 Å². The predicted molar refractivity (Wildman–Crippen MR) is 124 cm³/mol. The van der Waals surface area contributed by atoms with E-state index in [4.69, 9.17) is 27.9 Å². The van der Waals surface area contributed by atoms with Crippen molar-refractivity contribution in [3.63, 3.8) is 0 Å². The number of hydrogen-bond donors (Lipinski definition) is 0. The normalized spacial score (nSPS) is 19.8. The topological polar surface area (TPSA) is 29.5 Å². The second-order valence-electron chi connectivity index (χ2n) is 8.38. The van der Waals surface area contributed by atoms with Crippen LogP contribution in [0.5, 0.6) is 0 Å². The number of carbonyl (C=O) groups is 1. The second-order valence-corrected chi connectivity index (χ2v) is 9.19. The monoisotopic (exact) mass is 461 g/mol. The third-order valence-electron chi connectivity index (χ3n) is 6.27. The molecule has 0 radical (unpaired) electrons. The third kappa shape index (κ3) is 7.94. The number of rotatable bonds is 7. The summed E-state index contributed by atoms with van der Waals surface area (Å²) < 4.78 is 5.80. The van der Waals surface area contributed by atoms with E-state index in [0.717, 1.165) is 44.2 Å². The first kappa shape index (κ1) is 24.8. The van der Waals surface area contributed by atoms with Gasteiger partial charge in [-0.1, -0.05) is 61.4 Å². The lowest BCUT2D eigenvalue weighted by Gasteiger charge is -2.25. The van der Waals surface area contributed by atoms with E-state index in [1.807, 2.05) is 18.2 Å². The van der Waals surface area contributed by atoms with Crippen LogP contribution >= 0.6 is 35.6 Å². The quantitative estimate of drug-likeness (QED) is 0.413. The third-order valence-corrected chi connectivity index (χ3v) is 7.01. The Morgan fingerprint density at radius 1 is 1.00 bits per heavy atom. The molecule has 29 heavy (non-hydrogen) atoms. The van der Waals surface area contributed by atoms with Crippen LogP contribution in [0.2, 0.25) is 10.0 Å². The lowest BCUT2D eigenvalue weighted by Crippen LogP contribution is -2.28. The van der Waals surface area contributed by atoms with E-state index in [0.29, 0.717) is 16.7 Å². The van der Waals surface area contributed by atoms with Gasteiger partial charge in [-0.15, -0.1) is 12.4 Å². The highest BCUT2D eigenvalue weighted by Crippen LogP contribution is 2.30. The molecule has 0 aromatic heterocycles. The van der Waals surface area contributed by atoms with E-state index >= 15 is 0 Å². The smallest absolute Gasteiger partial charge is 0.308 e. The van der Waals surface area contributed by atoms with Crippen molar-refractivity contribution in [3.8, 4) is 0 Å².